The summed E-state index contributed by atoms with van der Waals surface area (Å²) >= 11 is 6.45. The number of hydrogen-bond acceptors (Lipinski definition) is 5. The van der Waals surface area contributed by atoms with Gasteiger partial charge in [-0.1, -0.05) is 54.1 Å². The van der Waals surface area contributed by atoms with Crippen LogP contribution in [0.1, 0.15) is 11.1 Å². The minimum atomic E-state index is 0.417. The van der Waals surface area contributed by atoms with Crippen molar-refractivity contribution in [3.05, 3.63) is 101 Å². The zero-order valence-corrected chi connectivity index (χ0v) is 17.3. The van der Waals surface area contributed by atoms with Gasteiger partial charge in [0.15, 0.2) is 0 Å². The molecule has 3 aromatic carbocycles. The van der Waals surface area contributed by atoms with Crippen molar-refractivity contribution < 1.29 is 4.74 Å². The van der Waals surface area contributed by atoms with Crippen molar-refractivity contribution in [2.75, 3.05) is 11.1 Å². The Morgan fingerprint density at radius 2 is 1.84 bits per heavy atom. The fraction of sp³-hybridized carbons (Fsp3) is 0.0400. The molecule has 1 heterocycles. The van der Waals surface area contributed by atoms with E-state index in [0.29, 0.717) is 34.3 Å². The van der Waals surface area contributed by atoms with Crippen molar-refractivity contribution in [2.24, 2.45) is 0 Å². The third-order valence-corrected chi connectivity index (χ3v) is 5.00. The number of anilines is 3. The molecule has 5 nitrogen and oxygen atoms in total. The predicted octanol–water partition coefficient (Wildman–Crippen LogP) is 6.18. The minimum Gasteiger partial charge on any atom is -0.487 e. The fourth-order valence-electron chi connectivity index (χ4n) is 3.18. The van der Waals surface area contributed by atoms with Gasteiger partial charge >= 0.3 is 0 Å². The van der Waals surface area contributed by atoms with Crippen LogP contribution in [0.5, 0.6) is 5.75 Å². The third-order valence-electron chi connectivity index (χ3n) is 4.70. The zero-order chi connectivity index (χ0) is 21.6. The lowest BCUT2D eigenvalue weighted by molar-refractivity contribution is 0.306. The molecule has 0 spiro atoms. The molecule has 1 aromatic heterocycles. The molecule has 0 aliphatic carbocycles. The lowest BCUT2D eigenvalue weighted by Gasteiger charge is -2.15. The van der Waals surface area contributed by atoms with E-state index in [1.807, 2.05) is 60.7 Å². The molecule has 0 aliphatic heterocycles. The Kier molecular flexibility index (Phi) is 6.02. The molecular weight excluding hydrogens is 408 g/mol. The second kappa shape index (κ2) is 9.21. The van der Waals surface area contributed by atoms with Crippen molar-refractivity contribution >= 4 is 28.7 Å². The number of nitrogens with zero attached hydrogens (tertiary/aromatic N) is 2. The first-order valence-corrected chi connectivity index (χ1v) is 9.99. The summed E-state index contributed by atoms with van der Waals surface area (Å²) in [6.45, 7) is 0.426. The standard InChI is InChI=1S/C25H19ClN4O/c26-23-12-21(9-10-24(23)31-16-17-5-2-1-3-6-17)30-25-19(13-27)14-29-15-22(25)18-7-4-8-20(28)11-18/h1-12,14-15H,16,28H2,(H,29,30). The Morgan fingerprint density at radius 1 is 1.00 bits per heavy atom. The van der Waals surface area contributed by atoms with Gasteiger partial charge in [0.2, 0.25) is 0 Å². The van der Waals surface area contributed by atoms with Gasteiger partial charge in [-0.05, 0) is 41.5 Å². The van der Waals surface area contributed by atoms with E-state index in [-0.39, 0.29) is 0 Å². The van der Waals surface area contributed by atoms with E-state index < -0.39 is 0 Å². The van der Waals surface area contributed by atoms with Crippen LogP contribution in [0.2, 0.25) is 5.02 Å². The zero-order valence-electron chi connectivity index (χ0n) is 16.5. The molecule has 4 aromatic rings. The number of nitrogens with two attached hydrogens (primary N) is 1. The molecule has 0 fully saturated rings. The number of nitriles is 1. The highest BCUT2D eigenvalue weighted by atomic mass is 35.5. The molecule has 0 unspecified atom stereocenters. The number of rotatable bonds is 6. The highest BCUT2D eigenvalue weighted by Gasteiger charge is 2.13. The van der Waals surface area contributed by atoms with Crippen LogP contribution in [-0.2, 0) is 6.61 Å². The first kappa shape index (κ1) is 20.3. The maximum absolute atomic E-state index is 9.60. The Morgan fingerprint density at radius 3 is 2.58 bits per heavy atom. The van der Waals surface area contributed by atoms with E-state index in [1.165, 1.54) is 6.20 Å². The predicted molar refractivity (Wildman–Crippen MR) is 124 cm³/mol. The molecule has 0 radical (unpaired) electrons. The van der Waals surface area contributed by atoms with E-state index in [9.17, 15) is 5.26 Å². The van der Waals surface area contributed by atoms with Gasteiger partial charge in [-0.25, -0.2) is 0 Å². The Hall–Kier alpha value is -4.01. The maximum atomic E-state index is 9.60. The average molecular weight is 427 g/mol. The summed E-state index contributed by atoms with van der Waals surface area (Å²) < 4.78 is 5.84. The van der Waals surface area contributed by atoms with Crippen LogP contribution in [0.25, 0.3) is 11.1 Å². The van der Waals surface area contributed by atoms with E-state index in [0.717, 1.165) is 22.4 Å². The lowest BCUT2D eigenvalue weighted by Crippen LogP contribution is -2.00. The summed E-state index contributed by atoms with van der Waals surface area (Å²) in [5.74, 6) is 0.586. The largest absolute Gasteiger partial charge is 0.487 e. The SMILES string of the molecule is N#Cc1cncc(-c2cccc(N)c2)c1Nc1ccc(OCc2ccccc2)c(Cl)c1. The molecular formula is C25H19ClN4O. The number of ether oxygens (including phenoxy) is 1. The maximum Gasteiger partial charge on any atom is 0.138 e. The quantitative estimate of drug-likeness (QED) is 0.360. The number of hydrogen-bond donors (Lipinski definition) is 2. The highest BCUT2D eigenvalue weighted by molar-refractivity contribution is 6.32. The number of benzene rings is 3. The first-order valence-electron chi connectivity index (χ1n) is 9.61. The summed E-state index contributed by atoms with van der Waals surface area (Å²) in [5, 5.41) is 13.4. The van der Waals surface area contributed by atoms with Gasteiger partial charge in [0.1, 0.15) is 18.4 Å². The van der Waals surface area contributed by atoms with Crippen molar-refractivity contribution in [1.29, 1.82) is 5.26 Å². The summed E-state index contributed by atoms with van der Waals surface area (Å²) in [4.78, 5) is 4.20. The number of pyridine rings is 1. The van der Waals surface area contributed by atoms with Crippen LogP contribution in [0.15, 0.2) is 85.2 Å². The van der Waals surface area contributed by atoms with Gasteiger partial charge in [-0.2, -0.15) is 5.26 Å². The second-order valence-electron chi connectivity index (χ2n) is 6.89. The summed E-state index contributed by atoms with van der Waals surface area (Å²) in [6.07, 6.45) is 3.23. The molecule has 31 heavy (non-hydrogen) atoms. The van der Waals surface area contributed by atoms with Gasteiger partial charge in [0.05, 0.1) is 16.3 Å². The number of nitrogens with one attached hydrogen (secondary N) is 1. The van der Waals surface area contributed by atoms with Gasteiger partial charge < -0.3 is 15.8 Å². The fourth-order valence-corrected chi connectivity index (χ4v) is 3.42. The van der Waals surface area contributed by atoms with Gasteiger partial charge in [-0.3, -0.25) is 4.98 Å². The minimum absolute atomic E-state index is 0.417. The molecule has 0 saturated heterocycles. The molecule has 6 heteroatoms. The molecule has 3 N–H and O–H groups in total. The highest BCUT2D eigenvalue weighted by Crippen LogP contribution is 2.35. The number of halogens is 1. The van der Waals surface area contributed by atoms with Crippen LogP contribution in [0.4, 0.5) is 17.1 Å². The molecule has 152 valence electrons. The third kappa shape index (κ3) is 4.77. The molecule has 0 bridgehead atoms. The normalized spacial score (nSPS) is 10.3. The van der Waals surface area contributed by atoms with Crippen molar-refractivity contribution in [3.63, 3.8) is 0 Å². The van der Waals surface area contributed by atoms with Crippen molar-refractivity contribution in [3.8, 4) is 22.9 Å². The average Bonchev–Trinajstić information content (AvgIpc) is 2.79. The van der Waals surface area contributed by atoms with E-state index in [4.69, 9.17) is 22.1 Å². The van der Waals surface area contributed by atoms with Crippen LogP contribution < -0.4 is 15.8 Å². The molecule has 4 rings (SSSR count). The van der Waals surface area contributed by atoms with Gasteiger partial charge in [-0.15, -0.1) is 0 Å². The van der Waals surface area contributed by atoms with Crippen LogP contribution in [0, 0.1) is 11.3 Å². The summed E-state index contributed by atoms with van der Waals surface area (Å²) in [7, 11) is 0. The monoisotopic (exact) mass is 426 g/mol. The smallest absolute Gasteiger partial charge is 0.138 e. The Bertz CT molecular complexity index is 1250. The van der Waals surface area contributed by atoms with E-state index >= 15 is 0 Å². The van der Waals surface area contributed by atoms with Crippen molar-refractivity contribution in [2.45, 2.75) is 6.61 Å². The van der Waals surface area contributed by atoms with Crippen LogP contribution in [-0.4, -0.2) is 4.98 Å². The lowest BCUT2D eigenvalue weighted by atomic mass is 10.0. The van der Waals surface area contributed by atoms with Crippen LogP contribution >= 0.6 is 11.6 Å². The van der Waals surface area contributed by atoms with Gasteiger partial charge in [0.25, 0.3) is 0 Å². The Balaban J connectivity index is 1.61. The summed E-state index contributed by atoms with van der Waals surface area (Å²) in [6, 6.07) is 25.0. The van der Waals surface area contributed by atoms with Crippen molar-refractivity contribution in [1.82, 2.24) is 4.98 Å². The topological polar surface area (TPSA) is 84.0 Å². The molecule has 0 aliphatic rings. The second-order valence-corrected chi connectivity index (χ2v) is 7.30. The van der Waals surface area contributed by atoms with Gasteiger partial charge in [0, 0.05) is 29.3 Å². The molecule has 0 amide bonds. The summed E-state index contributed by atoms with van der Waals surface area (Å²) in [5.41, 5.74) is 11.0. The number of aromatic nitrogens is 1. The molecule has 0 atom stereocenters. The molecule has 0 saturated carbocycles. The number of nitrogen functional groups attached to an aromatic ring is 1. The van der Waals surface area contributed by atoms with E-state index in [2.05, 4.69) is 16.4 Å². The van der Waals surface area contributed by atoms with Crippen LogP contribution in [0.3, 0.4) is 0 Å². The van der Waals surface area contributed by atoms with E-state index in [1.54, 1.807) is 18.3 Å². The Labute approximate surface area is 185 Å². The first-order chi connectivity index (χ1) is 15.1.